The summed E-state index contributed by atoms with van der Waals surface area (Å²) in [5.41, 5.74) is 2.13. The molecule has 105 valence electrons. The molecule has 1 rings (SSSR count). The SMILES string of the molecule is CC1=C(C)C(=O)C(CC[C-](C)O)=C(C)C1=O.CF.[Y]. The summed E-state index contributed by atoms with van der Waals surface area (Å²) in [6.07, 6.45) is 1.14. The van der Waals surface area contributed by atoms with Gasteiger partial charge in [-0.1, -0.05) is 0 Å². The van der Waals surface area contributed by atoms with Gasteiger partial charge in [0, 0.05) is 55.0 Å². The van der Waals surface area contributed by atoms with Crippen LogP contribution in [0.1, 0.15) is 40.5 Å². The van der Waals surface area contributed by atoms with Crippen molar-refractivity contribution in [1.29, 1.82) is 0 Å². The van der Waals surface area contributed by atoms with E-state index in [9.17, 15) is 14.0 Å². The van der Waals surface area contributed by atoms with Crippen LogP contribution < -0.4 is 0 Å². The van der Waals surface area contributed by atoms with Crippen molar-refractivity contribution in [3.63, 3.8) is 0 Å². The van der Waals surface area contributed by atoms with Crippen molar-refractivity contribution in [3.8, 4) is 0 Å². The Labute approximate surface area is 139 Å². The van der Waals surface area contributed by atoms with Crippen molar-refractivity contribution in [1.82, 2.24) is 0 Å². The number of hydrogen-bond acceptors (Lipinski definition) is 3. The van der Waals surface area contributed by atoms with E-state index < -0.39 is 0 Å². The Bertz CT molecular complexity index is 409. The molecule has 0 atom stereocenters. The van der Waals surface area contributed by atoms with Crippen LogP contribution in [-0.2, 0) is 42.3 Å². The summed E-state index contributed by atoms with van der Waals surface area (Å²) < 4.78 is 9.50. The number of carbonyl (C=O) groups excluding carboxylic acids is 2. The van der Waals surface area contributed by atoms with Crippen LogP contribution in [0.15, 0.2) is 22.3 Å². The van der Waals surface area contributed by atoms with Gasteiger partial charge in [0.1, 0.15) is 0 Å². The van der Waals surface area contributed by atoms with Gasteiger partial charge in [0.15, 0.2) is 11.6 Å². The zero-order chi connectivity index (χ0) is 14.5. The average Bonchev–Trinajstić information content (AvgIpc) is 2.36. The third kappa shape index (κ3) is 5.37. The molecule has 3 nitrogen and oxygen atoms in total. The van der Waals surface area contributed by atoms with E-state index in [4.69, 9.17) is 5.11 Å². The fourth-order valence-electron chi connectivity index (χ4n) is 1.76. The van der Waals surface area contributed by atoms with Gasteiger partial charge in [0.05, 0.1) is 7.18 Å². The van der Waals surface area contributed by atoms with Crippen molar-refractivity contribution >= 4 is 11.6 Å². The summed E-state index contributed by atoms with van der Waals surface area (Å²) in [5.74, 6) is -0.112. The van der Waals surface area contributed by atoms with E-state index in [1.54, 1.807) is 27.7 Å². The van der Waals surface area contributed by atoms with Gasteiger partial charge in [-0.25, -0.2) is 6.10 Å². The predicted molar refractivity (Wildman–Crippen MR) is 68.2 cm³/mol. The molecular formula is C14H20FO3Y-. The van der Waals surface area contributed by atoms with E-state index in [0.717, 1.165) is 0 Å². The van der Waals surface area contributed by atoms with Crippen molar-refractivity contribution in [3.05, 3.63) is 28.4 Å². The van der Waals surface area contributed by atoms with Crippen molar-refractivity contribution in [2.75, 3.05) is 7.18 Å². The molecular weight excluding hydrogens is 324 g/mol. The maximum Gasteiger partial charge on any atom is 0.185 e. The molecule has 0 amide bonds. The van der Waals surface area contributed by atoms with E-state index >= 15 is 0 Å². The smallest absolute Gasteiger partial charge is 0.185 e. The van der Waals surface area contributed by atoms with Crippen molar-refractivity contribution in [2.45, 2.75) is 40.5 Å². The summed E-state index contributed by atoms with van der Waals surface area (Å²) in [6.45, 7) is 6.63. The first-order valence-corrected chi connectivity index (χ1v) is 5.72. The van der Waals surface area contributed by atoms with Crippen LogP contribution in [0.5, 0.6) is 0 Å². The molecule has 0 saturated carbocycles. The van der Waals surface area contributed by atoms with E-state index in [2.05, 4.69) is 0 Å². The normalized spacial score (nSPS) is 15.4. The number of allylic oxidation sites excluding steroid dienone is 4. The fraction of sp³-hybridized carbons (Fsp3) is 0.500. The summed E-state index contributed by atoms with van der Waals surface area (Å²) in [5, 5.41) is 9.13. The number of alkyl halides is 1. The maximum atomic E-state index is 11.9. The molecule has 0 aromatic rings. The molecule has 1 aliphatic rings. The third-order valence-corrected chi connectivity index (χ3v) is 3.05. The Hall–Kier alpha value is -0.186. The van der Waals surface area contributed by atoms with E-state index in [1.165, 1.54) is 0 Å². The summed E-state index contributed by atoms with van der Waals surface area (Å²) in [7, 11) is 0.500. The number of Topliss-reactive ketones (excluding diaryl/α,β-unsaturated/α-hetero) is 2. The third-order valence-electron chi connectivity index (χ3n) is 3.05. The number of rotatable bonds is 3. The second kappa shape index (κ2) is 9.68. The second-order valence-electron chi connectivity index (χ2n) is 4.25. The van der Waals surface area contributed by atoms with Crippen LogP contribution in [0.2, 0.25) is 0 Å². The first kappa shape index (κ1) is 21.1. The zero-order valence-electron chi connectivity index (χ0n) is 12.1. The Morgan fingerprint density at radius 3 is 1.84 bits per heavy atom. The standard InChI is InChI=1S/C13H17O3.CH3F.Y/c1-7(14)5-6-11-10(4)12(15)8(2)9(3)13(11)16;1-2;/h14H,5-6H2,1-4H3;1H3;/q-1;;. The van der Waals surface area contributed by atoms with Gasteiger partial charge in [-0.05, 0) is 27.2 Å². The maximum absolute atomic E-state index is 11.9. The van der Waals surface area contributed by atoms with Gasteiger partial charge in [-0.2, -0.15) is 13.3 Å². The number of ketones is 2. The minimum absolute atomic E-state index is 0. The quantitative estimate of drug-likeness (QED) is 0.632. The van der Waals surface area contributed by atoms with Gasteiger partial charge in [-0.15, -0.1) is 0 Å². The number of hydrogen-bond donors (Lipinski definition) is 1. The van der Waals surface area contributed by atoms with E-state index in [0.29, 0.717) is 42.3 Å². The van der Waals surface area contributed by atoms with Crippen LogP contribution in [0.4, 0.5) is 4.39 Å². The molecule has 0 unspecified atom stereocenters. The number of halogens is 1. The minimum atomic E-state index is -0.0594. The zero-order valence-corrected chi connectivity index (χ0v) is 15.0. The Kier molecular flexibility index (Phi) is 10.8. The molecule has 0 fully saturated rings. The van der Waals surface area contributed by atoms with Crippen LogP contribution in [-0.4, -0.2) is 23.9 Å². The first-order valence-electron chi connectivity index (χ1n) is 5.72. The van der Waals surface area contributed by atoms with Gasteiger partial charge >= 0.3 is 0 Å². The van der Waals surface area contributed by atoms with Crippen molar-refractivity contribution in [2.24, 2.45) is 0 Å². The molecule has 1 radical (unpaired) electrons. The Morgan fingerprint density at radius 2 is 1.42 bits per heavy atom. The molecule has 0 saturated heterocycles. The molecule has 0 aromatic heterocycles. The largest absolute Gasteiger partial charge is 0.563 e. The molecule has 1 N–H and O–H groups in total. The fourth-order valence-corrected chi connectivity index (χ4v) is 1.76. The van der Waals surface area contributed by atoms with Gasteiger partial charge in [-0.3, -0.25) is 14.0 Å². The average molecular weight is 344 g/mol. The van der Waals surface area contributed by atoms with Gasteiger partial charge in [0.25, 0.3) is 0 Å². The summed E-state index contributed by atoms with van der Waals surface area (Å²) in [4.78, 5) is 23.7. The van der Waals surface area contributed by atoms with Gasteiger partial charge in [0.2, 0.25) is 0 Å². The Morgan fingerprint density at radius 1 is 1.00 bits per heavy atom. The number of carbonyl (C=O) groups is 2. The van der Waals surface area contributed by atoms with E-state index in [1.807, 2.05) is 0 Å². The molecule has 0 aliphatic heterocycles. The molecule has 1 aliphatic carbocycles. The second-order valence-corrected chi connectivity index (χ2v) is 4.25. The monoisotopic (exact) mass is 344 g/mol. The van der Waals surface area contributed by atoms with Crippen LogP contribution in [0, 0.1) is 6.10 Å². The Balaban J connectivity index is 0. The summed E-state index contributed by atoms with van der Waals surface area (Å²) in [6, 6.07) is 0. The molecule has 0 bridgehead atoms. The number of aliphatic hydroxyl groups excluding tert-OH is 1. The molecule has 0 aromatic carbocycles. The first-order chi connectivity index (χ1) is 8.36. The number of aliphatic hydroxyl groups is 1. The molecule has 0 spiro atoms. The van der Waals surface area contributed by atoms with Crippen LogP contribution in [0.25, 0.3) is 0 Å². The van der Waals surface area contributed by atoms with E-state index in [-0.39, 0.29) is 50.4 Å². The molecule has 19 heavy (non-hydrogen) atoms. The van der Waals surface area contributed by atoms with Crippen LogP contribution >= 0.6 is 0 Å². The van der Waals surface area contributed by atoms with Crippen LogP contribution in [0.3, 0.4) is 0 Å². The predicted octanol–water partition coefficient (Wildman–Crippen LogP) is 3.08. The molecule has 5 heteroatoms. The summed E-state index contributed by atoms with van der Waals surface area (Å²) >= 11 is 0. The van der Waals surface area contributed by atoms with Crippen molar-refractivity contribution < 1.29 is 51.8 Å². The topological polar surface area (TPSA) is 54.4 Å². The minimum Gasteiger partial charge on any atom is -0.563 e. The molecule has 0 heterocycles. The van der Waals surface area contributed by atoms with Gasteiger partial charge < -0.3 is 5.11 Å².